The van der Waals surface area contributed by atoms with E-state index in [0.717, 1.165) is 24.1 Å². The number of phenolic OH excluding ortho intramolecular Hbond substituents is 1. The van der Waals surface area contributed by atoms with Crippen LogP contribution in [0.4, 0.5) is 0 Å². The van der Waals surface area contributed by atoms with Crippen LogP contribution in [-0.2, 0) is 14.3 Å². The summed E-state index contributed by atoms with van der Waals surface area (Å²) in [6.07, 6.45) is 2.47. The van der Waals surface area contributed by atoms with Crippen molar-refractivity contribution in [3.63, 3.8) is 0 Å². The minimum Gasteiger partial charge on any atom is -0.503 e. The Morgan fingerprint density at radius 2 is 1.77 bits per heavy atom. The Morgan fingerprint density at radius 1 is 1.05 bits per heavy atom. The van der Waals surface area contributed by atoms with E-state index < -0.39 is 11.9 Å². The maximum atomic E-state index is 14.0. The predicted octanol–water partition coefficient (Wildman–Crippen LogP) is 6.28. The molecule has 0 unspecified atom stereocenters. The SMILES string of the molecule is CCCCOC(=O)C1=C(C)NC2=C(C(=O)C[C@@H](c3ccc(OC)c(OC)c3)C2)[C@H]1c1cc(Br)c(O)c(OCC)c1. The molecule has 2 aromatic rings. The highest BCUT2D eigenvalue weighted by Gasteiger charge is 2.42. The van der Waals surface area contributed by atoms with E-state index in [0.29, 0.717) is 58.0 Å². The first-order chi connectivity index (χ1) is 19.2. The number of carbonyl (C=O) groups is 2. The van der Waals surface area contributed by atoms with Gasteiger partial charge in [0, 0.05) is 29.3 Å². The van der Waals surface area contributed by atoms with Crippen molar-refractivity contribution in [3.05, 3.63) is 68.5 Å². The summed E-state index contributed by atoms with van der Waals surface area (Å²) in [5, 5.41) is 13.9. The Labute approximate surface area is 243 Å². The molecule has 8 nitrogen and oxygen atoms in total. The highest BCUT2D eigenvalue weighted by atomic mass is 79.9. The molecule has 2 aliphatic rings. The van der Waals surface area contributed by atoms with Crippen molar-refractivity contribution in [2.45, 2.75) is 58.3 Å². The van der Waals surface area contributed by atoms with Crippen molar-refractivity contribution >= 4 is 27.7 Å². The number of rotatable bonds is 10. The average Bonchev–Trinajstić information content (AvgIpc) is 2.94. The zero-order valence-electron chi connectivity index (χ0n) is 23.6. The molecule has 1 aliphatic heterocycles. The van der Waals surface area contributed by atoms with Gasteiger partial charge in [-0.05, 0) is 83.9 Å². The number of hydrogen-bond acceptors (Lipinski definition) is 8. The molecule has 214 valence electrons. The maximum Gasteiger partial charge on any atom is 0.336 e. The Balaban J connectivity index is 1.81. The molecule has 0 radical (unpaired) electrons. The number of Topliss-reactive ketones (excluding diaryl/α,β-unsaturated/α-hetero) is 1. The summed E-state index contributed by atoms with van der Waals surface area (Å²) in [7, 11) is 3.17. The quantitative estimate of drug-likeness (QED) is 0.238. The lowest BCUT2D eigenvalue weighted by atomic mass is 9.71. The molecule has 9 heteroatoms. The second-order valence-electron chi connectivity index (χ2n) is 9.90. The minimum absolute atomic E-state index is 0.0370. The fourth-order valence-corrected chi connectivity index (χ4v) is 5.86. The second kappa shape index (κ2) is 12.8. The molecule has 0 fully saturated rings. The van der Waals surface area contributed by atoms with Crippen LogP contribution in [0, 0.1) is 0 Å². The summed E-state index contributed by atoms with van der Waals surface area (Å²) in [4.78, 5) is 27.4. The number of phenols is 1. The van der Waals surface area contributed by atoms with E-state index >= 15 is 0 Å². The van der Waals surface area contributed by atoms with Gasteiger partial charge in [-0.3, -0.25) is 4.79 Å². The standard InChI is InChI=1S/C31H36BrNO7/c1-6-8-11-40-31(36)27-17(3)33-22-13-19(18-9-10-24(37-4)25(15-18)38-5)14-23(34)29(22)28(27)20-12-21(32)30(35)26(16-20)39-7-2/h9-10,12,15-16,19,28,33,35H,6-8,11,13-14H2,1-5H3/t19-,28-/m0/s1. The van der Waals surface area contributed by atoms with Crippen molar-refractivity contribution in [3.8, 4) is 23.0 Å². The number of allylic oxidation sites excluding steroid dienone is 3. The number of benzene rings is 2. The van der Waals surface area contributed by atoms with Crippen LogP contribution in [-0.4, -0.2) is 44.3 Å². The molecule has 1 aliphatic carbocycles. The van der Waals surface area contributed by atoms with Gasteiger partial charge < -0.3 is 29.4 Å². The number of ketones is 1. The van der Waals surface area contributed by atoms with Gasteiger partial charge in [-0.15, -0.1) is 0 Å². The average molecular weight is 615 g/mol. The number of carbonyl (C=O) groups excluding carboxylic acids is 2. The van der Waals surface area contributed by atoms with Crippen LogP contribution in [0.1, 0.15) is 69.4 Å². The van der Waals surface area contributed by atoms with E-state index in [4.69, 9.17) is 18.9 Å². The van der Waals surface area contributed by atoms with Gasteiger partial charge in [0.15, 0.2) is 28.8 Å². The molecule has 0 saturated carbocycles. The molecule has 40 heavy (non-hydrogen) atoms. The largest absolute Gasteiger partial charge is 0.503 e. The van der Waals surface area contributed by atoms with E-state index in [1.807, 2.05) is 39.0 Å². The Hall–Kier alpha value is -3.46. The number of aromatic hydroxyl groups is 1. The Bertz CT molecular complexity index is 1360. The van der Waals surface area contributed by atoms with Crippen molar-refractivity contribution < 1.29 is 33.6 Å². The van der Waals surface area contributed by atoms with Crippen molar-refractivity contribution in [2.24, 2.45) is 0 Å². The lowest BCUT2D eigenvalue weighted by Crippen LogP contribution is -2.36. The zero-order valence-corrected chi connectivity index (χ0v) is 25.1. The third kappa shape index (κ3) is 5.84. The molecule has 2 N–H and O–H groups in total. The molecular formula is C31H36BrNO7. The van der Waals surface area contributed by atoms with E-state index in [-0.39, 0.29) is 29.6 Å². The lowest BCUT2D eigenvalue weighted by molar-refractivity contribution is -0.139. The van der Waals surface area contributed by atoms with Gasteiger partial charge in [-0.25, -0.2) is 4.79 Å². The summed E-state index contributed by atoms with van der Waals surface area (Å²) in [6, 6.07) is 9.14. The van der Waals surface area contributed by atoms with Crippen LogP contribution in [0.2, 0.25) is 0 Å². The number of dihydropyridines is 1. The van der Waals surface area contributed by atoms with Crippen molar-refractivity contribution in [1.82, 2.24) is 5.32 Å². The summed E-state index contributed by atoms with van der Waals surface area (Å²) in [5.41, 5.74) is 3.94. The number of halogens is 1. The Kier molecular flexibility index (Phi) is 9.45. The van der Waals surface area contributed by atoms with Crippen LogP contribution in [0.3, 0.4) is 0 Å². The number of hydrogen-bond donors (Lipinski definition) is 2. The highest BCUT2D eigenvalue weighted by molar-refractivity contribution is 9.10. The summed E-state index contributed by atoms with van der Waals surface area (Å²) < 4.78 is 22.6. The fraction of sp³-hybridized carbons (Fsp3) is 0.419. The fourth-order valence-electron chi connectivity index (χ4n) is 5.40. The second-order valence-corrected chi connectivity index (χ2v) is 10.8. The zero-order chi connectivity index (χ0) is 29.0. The molecule has 4 rings (SSSR count). The third-order valence-electron chi connectivity index (χ3n) is 7.34. The first-order valence-corrected chi connectivity index (χ1v) is 14.3. The summed E-state index contributed by atoms with van der Waals surface area (Å²) in [5.74, 6) is 0.166. The molecule has 0 spiro atoms. The van der Waals surface area contributed by atoms with Gasteiger partial charge in [-0.2, -0.15) is 0 Å². The summed E-state index contributed by atoms with van der Waals surface area (Å²) >= 11 is 3.42. The first-order valence-electron chi connectivity index (χ1n) is 13.5. The first kappa shape index (κ1) is 29.5. The number of methoxy groups -OCH3 is 2. The number of nitrogens with one attached hydrogen (secondary N) is 1. The monoisotopic (exact) mass is 613 g/mol. The Morgan fingerprint density at radius 3 is 2.45 bits per heavy atom. The molecule has 0 bridgehead atoms. The molecule has 2 atom stereocenters. The predicted molar refractivity (Wildman–Crippen MR) is 155 cm³/mol. The molecule has 1 heterocycles. The molecule has 0 aromatic heterocycles. The maximum absolute atomic E-state index is 14.0. The van der Waals surface area contributed by atoms with Crippen molar-refractivity contribution in [2.75, 3.05) is 27.4 Å². The van der Waals surface area contributed by atoms with E-state index in [2.05, 4.69) is 21.2 Å². The van der Waals surface area contributed by atoms with Gasteiger partial charge >= 0.3 is 5.97 Å². The van der Waals surface area contributed by atoms with Crippen LogP contribution in [0.5, 0.6) is 23.0 Å². The lowest BCUT2D eigenvalue weighted by Gasteiger charge is -2.37. The van der Waals surface area contributed by atoms with Gasteiger partial charge in [0.1, 0.15) is 0 Å². The van der Waals surface area contributed by atoms with Crippen LogP contribution < -0.4 is 19.5 Å². The molecule has 2 aromatic carbocycles. The number of ether oxygens (including phenoxy) is 4. The summed E-state index contributed by atoms with van der Waals surface area (Å²) in [6.45, 7) is 6.32. The smallest absolute Gasteiger partial charge is 0.336 e. The van der Waals surface area contributed by atoms with Gasteiger partial charge in [0.25, 0.3) is 0 Å². The third-order valence-corrected chi connectivity index (χ3v) is 7.95. The van der Waals surface area contributed by atoms with Gasteiger partial charge in [0.05, 0.1) is 37.5 Å². The van der Waals surface area contributed by atoms with Crippen LogP contribution in [0.25, 0.3) is 0 Å². The molecule has 0 saturated heterocycles. The van der Waals surface area contributed by atoms with Gasteiger partial charge in [0.2, 0.25) is 0 Å². The minimum atomic E-state index is -0.680. The molecule has 0 amide bonds. The number of unbranched alkanes of at least 4 members (excludes halogenated alkanes) is 1. The highest BCUT2D eigenvalue weighted by Crippen LogP contribution is 2.48. The van der Waals surface area contributed by atoms with Crippen LogP contribution in [0.15, 0.2) is 57.3 Å². The van der Waals surface area contributed by atoms with E-state index in [9.17, 15) is 14.7 Å². The van der Waals surface area contributed by atoms with Crippen molar-refractivity contribution in [1.29, 1.82) is 0 Å². The molecular weight excluding hydrogens is 578 g/mol. The topological polar surface area (TPSA) is 103 Å². The van der Waals surface area contributed by atoms with E-state index in [1.165, 1.54) is 0 Å². The number of esters is 1. The van der Waals surface area contributed by atoms with Crippen LogP contribution >= 0.6 is 15.9 Å². The normalized spacial score (nSPS) is 18.7. The van der Waals surface area contributed by atoms with Gasteiger partial charge in [-0.1, -0.05) is 19.4 Å². The van der Waals surface area contributed by atoms with E-state index in [1.54, 1.807) is 26.4 Å².